The number of hydrogen-bond donors (Lipinski definition) is 0. The van der Waals surface area contributed by atoms with Gasteiger partial charge in [0.2, 0.25) is 0 Å². The molecule has 124 valence electrons. The van der Waals surface area contributed by atoms with E-state index < -0.39 is 17.7 Å². The molecule has 3 rings (SSSR count). The van der Waals surface area contributed by atoms with E-state index in [0.29, 0.717) is 16.6 Å². The van der Waals surface area contributed by atoms with Gasteiger partial charge in [0.25, 0.3) is 0 Å². The lowest BCUT2D eigenvalue weighted by atomic mass is 10.0. The summed E-state index contributed by atoms with van der Waals surface area (Å²) in [5.41, 5.74) is 0.652. The van der Waals surface area contributed by atoms with Crippen LogP contribution in [0, 0.1) is 0 Å². The normalized spacial score (nSPS) is 11.7. The number of rotatable bonds is 3. The number of pyridine rings is 2. The average Bonchev–Trinajstić information content (AvgIpc) is 2.96. The smallest absolute Gasteiger partial charge is 0.417 e. The monoisotopic (exact) mass is 335 g/mol. The average molecular weight is 335 g/mol. The molecule has 0 fully saturated rings. The van der Waals surface area contributed by atoms with Gasteiger partial charge in [0.1, 0.15) is 0 Å². The zero-order valence-corrected chi connectivity index (χ0v) is 12.5. The van der Waals surface area contributed by atoms with Crippen LogP contribution in [0.25, 0.3) is 16.6 Å². The zero-order chi connectivity index (χ0) is 17.3. The predicted octanol–water partition coefficient (Wildman–Crippen LogP) is 3.13. The summed E-state index contributed by atoms with van der Waals surface area (Å²) in [6.45, 7) is 0. The van der Waals surface area contributed by atoms with Crippen LogP contribution in [-0.2, 0) is 22.1 Å². The Morgan fingerprint density at radius 1 is 1.29 bits per heavy atom. The van der Waals surface area contributed by atoms with Gasteiger partial charge in [0.15, 0.2) is 0 Å². The number of nitrogens with zero attached hydrogens (tertiary/aromatic N) is 3. The molecule has 3 aromatic heterocycles. The van der Waals surface area contributed by atoms with Crippen LogP contribution < -0.4 is 0 Å². The number of halogens is 3. The van der Waals surface area contributed by atoms with Gasteiger partial charge in [-0.25, -0.2) is 4.52 Å². The number of carbonyl (C=O) groups is 1. The van der Waals surface area contributed by atoms with Gasteiger partial charge in [-0.15, -0.1) is 0 Å². The van der Waals surface area contributed by atoms with Gasteiger partial charge in [0, 0.05) is 29.7 Å². The first-order chi connectivity index (χ1) is 11.4. The number of alkyl halides is 3. The maximum Gasteiger partial charge on any atom is 0.417 e. The Labute approximate surface area is 134 Å². The Kier molecular flexibility index (Phi) is 3.96. The van der Waals surface area contributed by atoms with Gasteiger partial charge in [-0.1, -0.05) is 0 Å². The standard InChI is InChI=1S/C16H12F3N3O2/c1-24-15(23)7-11-8-21-22-5-3-10(6-14(11)22)12-9-20-4-2-13(12)16(17,18)19/h2-6,8-9H,7H2,1H3. The minimum atomic E-state index is -4.49. The molecule has 8 heteroatoms. The summed E-state index contributed by atoms with van der Waals surface area (Å²) < 4.78 is 45.6. The third kappa shape index (κ3) is 2.94. The first kappa shape index (κ1) is 16.0. The quantitative estimate of drug-likeness (QED) is 0.690. The molecule has 0 radical (unpaired) electrons. The molecule has 0 aliphatic carbocycles. The third-order valence-corrected chi connectivity index (χ3v) is 3.60. The summed E-state index contributed by atoms with van der Waals surface area (Å²) in [7, 11) is 1.27. The van der Waals surface area contributed by atoms with E-state index in [1.807, 2.05) is 0 Å². The molecular weight excluding hydrogens is 323 g/mol. The second-order valence-corrected chi connectivity index (χ2v) is 5.09. The molecule has 3 aromatic rings. The van der Waals surface area contributed by atoms with Gasteiger partial charge in [0.05, 0.1) is 30.8 Å². The fourth-order valence-corrected chi connectivity index (χ4v) is 2.43. The molecule has 0 N–H and O–H groups in total. The topological polar surface area (TPSA) is 56.5 Å². The van der Waals surface area contributed by atoms with Crippen LogP contribution in [0.5, 0.6) is 0 Å². The van der Waals surface area contributed by atoms with Crippen molar-refractivity contribution >= 4 is 11.5 Å². The number of esters is 1. The highest BCUT2D eigenvalue weighted by Gasteiger charge is 2.33. The lowest BCUT2D eigenvalue weighted by Gasteiger charge is -2.12. The van der Waals surface area contributed by atoms with Crippen LogP contribution in [-0.4, -0.2) is 27.7 Å². The molecule has 0 bridgehead atoms. The number of fused-ring (bicyclic) bond motifs is 1. The molecule has 0 spiro atoms. The van der Waals surface area contributed by atoms with Gasteiger partial charge < -0.3 is 4.74 Å². The highest BCUT2D eigenvalue weighted by Crippen LogP contribution is 2.36. The fraction of sp³-hybridized carbons (Fsp3) is 0.188. The van der Waals surface area contributed by atoms with Gasteiger partial charge in [-0.3, -0.25) is 9.78 Å². The predicted molar refractivity (Wildman–Crippen MR) is 79.1 cm³/mol. The van der Waals surface area contributed by atoms with E-state index in [2.05, 4.69) is 14.8 Å². The summed E-state index contributed by atoms with van der Waals surface area (Å²) in [5, 5.41) is 4.08. The van der Waals surface area contributed by atoms with Crippen molar-refractivity contribution in [3.63, 3.8) is 0 Å². The van der Waals surface area contributed by atoms with Crippen LogP contribution in [0.4, 0.5) is 13.2 Å². The molecule has 24 heavy (non-hydrogen) atoms. The molecule has 5 nitrogen and oxygen atoms in total. The van der Waals surface area contributed by atoms with E-state index in [-0.39, 0.29) is 12.0 Å². The second-order valence-electron chi connectivity index (χ2n) is 5.09. The van der Waals surface area contributed by atoms with E-state index in [1.165, 1.54) is 30.1 Å². The van der Waals surface area contributed by atoms with Crippen molar-refractivity contribution in [1.29, 1.82) is 0 Å². The third-order valence-electron chi connectivity index (χ3n) is 3.60. The first-order valence-corrected chi connectivity index (χ1v) is 6.95. The van der Waals surface area contributed by atoms with E-state index in [1.54, 1.807) is 12.3 Å². The Hall–Kier alpha value is -2.90. The summed E-state index contributed by atoms with van der Waals surface area (Å²) in [6, 6.07) is 4.01. The van der Waals surface area contributed by atoms with Crippen molar-refractivity contribution < 1.29 is 22.7 Å². The van der Waals surface area contributed by atoms with Crippen LogP contribution in [0.1, 0.15) is 11.1 Å². The van der Waals surface area contributed by atoms with Crippen molar-refractivity contribution in [2.45, 2.75) is 12.6 Å². The Morgan fingerprint density at radius 3 is 2.79 bits per heavy atom. The summed E-state index contributed by atoms with van der Waals surface area (Å²) in [6.07, 6.45) is 0.808. The lowest BCUT2D eigenvalue weighted by molar-refractivity contribution is -0.140. The Bertz CT molecular complexity index is 903. The van der Waals surface area contributed by atoms with Crippen LogP contribution in [0.3, 0.4) is 0 Å². The molecule has 3 heterocycles. The maximum absolute atomic E-state index is 13.2. The van der Waals surface area contributed by atoms with E-state index >= 15 is 0 Å². The number of methoxy groups -OCH3 is 1. The van der Waals surface area contributed by atoms with Gasteiger partial charge in [-0.2, -0.15) is 18.3 Å². The highest BCUT2D eigenvalue weighted by atomic mass is 19.4. The second kappa shape index (κ2) is 5.95. The molecule has 0 aliphatic rings. The van der Waals surface area contributed by atoms with E-state index in [4.69, 9.17) is 0 Å². The largest absolute Gasteiger partial charge is 0.469 e. The first-order valence-electron chi connectivity index (χ1n) is 6.95. The molecular formula is C16H12F3N3O2. The van der Waals surface area contributed by atoms with Crippen LogP contribution >= 0.6 is 0 Å². The van der Waals surface area contributed by atoms with Crippen LogP contribution in [0.15, 0.2) is 43.0 Å². The van der Waals surface area contributed by atoms with Crippen molar-refractivity contribution in [1.82, 2.24) is 14.6 Å². The Balaban J connectivity index is 2.12. The molecule has 0 saturated heterocycles. The van der Waals surface area contributed by atoms with E-state index in [9.17, 15) is 18.0 Å². The molecule has 0 amide bonds. The maximum atomic E-state index is 13.2. The number of carbonyl (C=O) groups excluding carboxylic acids is 1. The highest BCUT2D eigenvalue weighted by molar-refractivity contribution is 5.78. The minimum absolute atomic E-state index is 0.0113. The van der Waals surface area contributed by atoms with Crippen LogP contribution in [0.2, 0.25) is 0 Å². The zero-order valence-electron chi connectivity index (χ0n) is 12.5. The Morgan fingerprint density at radius 2 is 2.08 bits per heavy atom. The molecule has 0 aliphatic heterocycles. The number of aromatic nitrogens is 3. The SMILES string of the molecule is COC(=O)Cc1cnn2ccc(-c3cnccc3C(F)(F)F)cc12. The van der Waals surface area contributed by atoms with Crippen molar-refractivity contribution in [2.24, 2.45) is 0 Å². The van der Waals surface area contributed by atoms with E-state index in [0.717, 1.165) is 12.3 Å². The molecule has 0 atom stereocenters. The molecule has 0 saturated carbocycles. The lowest BCUT2D eigenvalue weighted by Crippen LogP contribution is -2.07. The van der Waals surface area contributed by atoms with Gasteiger partial charge >= 0.3 is 12.1 Å². The summed E-state index contributed by atoms with van der Waals surface area (Å²) >= 11 is 0. The number of ether oxygens (including phenoxy) is 1. The number of hydrogen-bond acceptors (Lipinski definition) is 4. The van der Waals surface area contributed by atoms with Crippen molar-refractivity contribution in [3.05, 3.63) is 54.1 Å². The fourth-order valence-electron chi connectivity index (χ4n) is 2.43. The summed E-state index contributed by atoms with van der Waals surface area (Å²) in [4.78, 5) is 15.2. The van der Waals surface area contributed by atoms with Crippen molar-refractivity contribution in [2.75, 3.05) is 7.11 Å². The summed E-state index contributed by atoms with van der Waals surface area (Å²) in [5.74, 6) is -0.451. The molecule has 0 unspecified atom stereocenters. The van der Waals surface area contributed by atoms with Crippen molar-refractivity contribution in [3.8, 4) is 11.1 Å². The minimum Gasteiger partial charge on any atom is -0.469 e. The molecule has 0 aromatic carbocycles. The van der Waals surface area contributed by atoms with Gasteiger partial charge in [-0.05, 0) is 23.8 Å².